The van der Waals surface area contributed by atoms with Crippen LogP contribution in [0.25, 0.3) is 0 Å². The van der Waals surface area contributed by atoms with Crippen LogP contribution in [0.2, 0.25) is 0 Å². The van der Waals surface area contributed by atoms with Crippen LogP contribution in [-0.2, 0) is 30.9 Å². The van der Waals surface area contributed by atoms with E-state index in [0.717, 1.165) is 30.8 Å². The summed E-state index contributed by atoms with van der Waals surface area (Å²) in [7, 11) is 5.13. The number of hydrogen-bond donors (Lipinski definition) is 0. The van der Waals surface area contributed by atoms with Gasteiger partial charge < -0.3 is 14.2 Å². The molecule has 1 aromatic rings. The van der Waals surface area contributed by atoms with E-state index in [1.165, 1.54) is 18.2 Å². The molecular formula is C26H37NO5S. The SMILES string of the molecule is COCOc1ccc2c(c1)C1(C)CC3N(C)C(C2)C1(C)CC3(C(=O)CCCSC)C(=O)OC. The van der Waals surface area contributed by atoms with Crippen molar-refractivity contribution >= 4 is 23.5 Å². The zero-order chi connectivity index (χ0) is 24.0. The van der Waals surface area contributed by atoms with E-state index in [9.17, 15) is 9.59 Å². The predicted molar refractivity (Wildman–Crippen MR) is 130 cm³/mol. The van der Waals surface area contributed by atoms with Crippen LogP contribution < -0.4 is 4.74 Å². The number of carbonyl (C=O) groups is 2. The van der Waals surface area contributed by atoms with E-state index in [-0.39, 0.29) is 41.5 Å². The zero-order valence-electron chi connectivity index (χ0n) is 20.7. The fourth-order valence-corrected chi connectivity index (χ4v) is 7.61. The average molecular weight is 476 g/mol. The van der Waals surface area contributed by atoms with Gasteiger partial charge in [-0.05, 0) is 73.4 Å². The highest BCUT2D eigenvalue weighted by atomic mass is 32.2. The number of methoxy groups -OCH3 is 2. The van der Waals surface area contributed by atoms with Crippen LogP contribution in [-0.4, -0.2) is 68.8 Å². The molecule has 1 aromatic carbocycles. The van der Waals surface area contributed by atoms with Crippen molar-refractivity contribution in [2.24, 2.45) is 10.8 Å². The van der Waals surface area contributed by atoms with Crippen molar-refractivity contribution in [3.8, 4) is 5.75 Å². The number of hydrogen-bond acceptors (Lipinski definition) is 7. The lowest BCUT2D eigenvalue weighted by Gasteiger charge is -2.71. The zero-order valence-corrected chi connectivity index (χ0v) is 21.5. The van der Waals surface area contributed by atoms with Crippen molar-refractivity contribution in [2.45, 2.75) is 63.5 Å². The Balaban J connectivity index is 1.78. The molecule has 5 rings (SSSR count). The molecular weight excluding hydrogens is 438 g/mol. The van der Waals surface area contributed by atoms with E-state index >= 15 is 0 Å². The first-order valence-electron chi connectivity index (χ1n) is 11.8. The minimum absolute atomic E-state index is 0.0463. The third-order valence-electron chi connectivity index (χ3n) is 9.03. The van der Waals surface area contributed by atoms with Crippen molar-refractivity contribution in [1.29, 1.82) is 0 Å². The fourth-order valence-electron chi connectivity index (χ4n) is 7.18. The Kier molecular flexibility index (Phi) is 6.62. The Morgan fingerprint density at radius 3 is 2.64 bits per heavy atom. The second-order valence-corrected chi connectivity index (χ2v) is 11.4. The Morgan fingerprint density at radius 2 is 1.97 bits per heavy atom. The van der Waals surface area contributed by atoms with E-state index < -0.39 is 5.41 Å². The Labute approximate surface area is 201 Å². The molecule has 182 valence electrons. The van der Waals surface area contributed by atoms with Gasteiger partial charge in [-0.15, -0.1) is 0 Å². The molecule has 0 spiro atoms. The van der Waals surface area contributed by atoms with Crippen LogP contribution in [0.4, 0.5) is 0 Å². The summed E-state index contributed by atoms with van der Waals surface area (Å²) in [4.78, 5) is 29.4. The lowest BCUT2D eigenvalue weighted by molar-refractivity contribution is -0.207. The van der Waals surface area contributed by atoms with Crippen molar-refractivity contribution in [3.05, 3.63) is 29.3 Å². The number of benzene rings is 1. The van der Waals surface area contributed by atoms with E-state index in [0.29, 0.717) is 12.8 Å². The number of nitrogens with zero attached hydrogens (tertiary/aromatic N) is 1. The number of esters is 1. The average Bonchev–Trinajstić information content (AvgIpc) is 2.80. The van der Waals surface area contributed by atoms with Gasteiger partial charge in [0, 0.05) is 31.0 Å². The molecule has 7 heteroatoms. The molecule has 2 heterocycles. The van der Waals surface area contributed by atoms with Crippen molar-refractivity contribution in [3.63, 3.8) is 0 Å². The molecule has 33 heavy (non-hydrogen) atoms. The minimum atomic E-state index is -1.10. The van der Waals surface area contributed by atoms with Gasteiger partial charge in [-0.3, -0.25) is 14.5 Å². The summed E-state index contributed by atoms with van der Waals surface area (Å²) in [5.74, 6) is 1.39. The monoisotopic (exact) mass is 475 g/mol. The first-order chi connectivity index (χ1) is 15.7. The highest BCUT2D eigenvalue weighted by molar-refractivity contribution is 7.98. The standard InChI is InChI=1S/C26H37NO5S/c1-24-14-21-26(23(29)31-5,22(28)8-7-11-33-6)15-25(24,2)20(27(21)3)12-17-9-10-18(13-19(17)24)32-16-30-4/h9-10,13,20-21H,7-8,11-12,14-16H2,1-6H3. The first-order valence-corrected chi connectivity index (χ1v) is 13.2. The van der Waals surface area contributed by atoms with Crippen molar-refractivity contribution < 1.29 is 23.8 Å². The number of carbonyl (C=O) groups excluding carboxylic acids is 2. The van der Waals surface area contributed by atoms with Gasteiger partial charge in [-0.2, -0.15) is 11.8 Å². The number of piperidine rings is 2. The molecule has 6 nitrogen and oxygen atoms in total. The quantitative estimate of drug-likeness (QED) is 0.233. The Hall–Kier alpha value is -1.57. The molecule has 0 amide bonds. The maximum Gasteiger partial charge on any atom is 0.321 e. The molecule has 4 aliphatic rings. The summed E-state index contributed by atoms with van der Waals surface area (Å²) in [5.41, 5.74) is 1.07. The van der Waals surface area contributed by atoms with Crippen molar-refractivity contribution in [2.75, 3.05) is 40.1 Å². The molecule has 2 aliphatic carbocycles. The van der Waals surface area contributed by atoms with Gasteiger partial charge in [0.25, 0.3) is 0 Å². The maximum absolute atomic E-state index is 13.7. The summed E-state index contributed by atoms with van der Waals surface area (Å²) in [6.07, 6.45) is 5.42. The number of Topliss-reactive ketones (excluding diaryl/α,β-unsaturated/α-hetero) is 1. The van der Waals surface area contributed by atoms with Gasteiger partial charge in [-0.1, -0.05) is 19.9 Å². The smallest absolute Gasteiger partial charge is 0.321 e. The molecule has 4 bridgehead atoms. The highest BCUT2D eigenvalue weighted by Crippen LogP contribution is 2.68. The predicted octanol–water partition coefficient (Wildman–Crippen LogP) is 3.84. The Bertz CT molecular complexity index is 937. The Morgan fingerprint density at radius 1 is 1.21 bits per heavy atom. The van der Waals surface area contributed by atoms with Crippen LogP contribution in [0.5, 0.6) is 5.75 Å². The van der Waals surface area contributed by atoms with Gasteiger partial charge in [0.05, 0.1) is 7.11 Å². The normalized spacial score (nSPS) is 34.6. The first kappa shape index (κ1) is 24.6. The number of fused-ring (bicyclic) bond motifs is 2. The molecule has 0 aromatic heterocycles. The molecule has 0 N–H and O–H groups in total. The molecule has 0 radical (unpaired) electrons. The van der Waals surface area contributed by atoms with Gasteiger partial charge >= 0.3 is 5.97 Å². The van der Waals surface area contributed by atoms with Gasteiger partial charge in [-0.25, -0.2) is 0 Å². The van der Waals surface area contributed by atoms with Crippen LogP contribution in [0.15, 0.2) is 18.2 Å². The van der Waals surface area contributed by atoms with Crippen LogP contribution in [0.1, 0.15) is 50.7 Å². The molecule has 5 atom stereocenters. The second-order valence-electron chi connectivity index (χ2n) is 10.4. The van der Waals surface area contributed by atoms with E-state index in [1.54, 1.807) is 18.9 Å². The lowest BCUT2D eigenvalue weighted by atomic mass is 9.39. The molecule has 3 fully saturated rings. The van der Waals surface area contributed by atoms with E-state index in [4.69, 9.17) is 14.2 Å². The summed E-state index contributed by atoms with van der Waals surface area (Å²) >= 11 is 1.73. The second kappa shape index (κ2) is 8.90. The molecule has 2 saturated heterocycles. The van der Waals surface area contributed by atoms with Gasteiger partial charge in [0.1, 0.15) is 11.2 Å². The fraction of sp³-hybridized carbons (Fsp3) is 0.692. The van der Waals surface area contributed by atoms with Crippen LogP contribution in [0, 0.1) is 10.8 Å². The third-order valence-corrected chi connectivity index (χ3v) is 9.72. The number of likely N-dealkylation sites (N-methyl/N-ethyl adjacent to an activating group) is 1. The van der Waals surface area contributed by atoms with Crippen LogP contribution >= 0.6 is 11.8 Å². The summed E-state index contributed by atoms with van der Waals surface area (Å²) < 4.78 is 16.2. The summed E-state index contributed by atoms with van der Waals surface area (Å²) in [5, 5.41) is 0. The molecule has 1 saturated carbocycles. The van der Waals surface area contributed by atoms with E-state index in [2.05, 4.69) is 37.9 Å². The summed E-state index contributed by atoms with van der Waals surface area (Å²) in [6, 6.07) is 6.41. The number of rotatable bonds is 9. The largest absolute Gasteiger partial charge is 0.468 e. The number of ketones is 1. The van der Waals surface area contributed by atoms with Crippen LogP contribution in [0.3, 0.4) is 0 Å². The van der Waals surface area contributed by atoms with Gasteiger partial charge in [0.15, 0.2) is 12.6 Å². The molecule has 5 unspecified atom stereocenters. The summed E-state index contributed by atoms with van der Waals surface area (Å²) in [6.45, 7) is 4.80. The van der Waals surface area contributed by atoms with E-state index in [1.807, 2.05) is 12.3 Å². The highest BCUT2D eigenvalue weighted by Gasteiger charge is 2.73. The minimum Gasteiger partial charge on any atom is -0.468 e. The number of thioether (sulfide) groups is 1. The van der Waals surface area contributed by atoms with Crippen molar-refractivity contribution in [1.82, 2.24) is 4.90 Å². The third kappa shape index (κ3) is 3.45. The van der Waals surface area contributed by atoms with Gasteiger partial charge in [0.2, 0.25) is 0 Å². The lowest BCUT2D eigenvalue weighted by Crippen LogP contribution is -2.78. The number of ether oxygens (including phenoxy) is 3. The molecule has 2 aliphatic heterocycles. The maximum atomic E-state index is 13.7. The topological polar surface area (TPSA) is 65.1 Å².